The molecule has 0 fully saturated rings. The molecule has 0 radical (unpaired) electrons. The number of ether oxygens (including phenoxy) is 1. The van der Waals surface area contributed by atoms with Gasteiger partial charge in [0.15, 0.2) is 0 Å². The van der Waals surface area contributed by atoms with Crippen LogP contribution in [-0.4, -0.2) is 29.2 Å². The molecule has 1 aromatic rings. The molecule has 1 aromatic heterocycles. The standard InChI is InChI=1S/C11H20N4O/c1-3-8-16-10-5-7-13-11(15-10)14-9(2)4-6-12/h5,7,9H,3-4,6,8,12H2,1-2H3,(H,13,14,15). The van der Waals surface area contributed by atoms with E-state index >= 15 is 0 Å². The fourth-order valence-corrected chi connectivity index (χ4v) is 1.24. The topological polar surface area (TPSA) is 73.1 Å². The van der Waals surface area contributed by atoms with E-state index in [0.717, 1.165) is 12.8 Å². The summed E-state index contributed by atoms with van der Waals surface area (Å²) >= 11 is 0. The van der Waals surface area contributed by atoms with Crippen LogP contribution in [0.5, 0.6) is 5.88 Å². The molecule has 16 heavy (non-hydrogen) atoms. The molecule has 0 aliphatic rings. The summed E-state index contributed by atoms with van der Waals surface area (Å²) in [5.41, 5.74) is 5.47. The minimum Gasteiger partial charge on any atom is -0.478 e. The number of rotatable bonds is 7. The van der Waals surface area contributed by atoms with Crippen LogP contribution >= 0.6 is 0 Å². The molecule has 0 saturated heterocycles. The lowest BCUT2D eigenvalue weighted by atomic mass is 10.2. The molecule has 0 aliphatic carbocycles. The zero-order chi connectivity index (χ0) is 11.8. The molecule has 0 spiro atoms. The third-order valence-electron chi connectivity index (χ3n) is 2.06. The van der Waals surface area contributed by atoms with E-state index in [2.05, 4.69) is 29.1 Å². The van der Waals surface area contributed by atoms with Gasteiger partial charge in [-0.15, -0.1) is 0 Å². The molecule has 3 N–H and O–H groups in total. The van der Waals surface area contributed by atoms with Crippen molar-refractivity contribution in [3.8, 4) is 5.88 Å². The summed E-state index contributed by atoms with van der Waals surface area (Å²) in [6.45, 7) is 5.44. The van der Waals surface area contributed by atoms with E-state index in [1.807, 2.05) is 0 Å². The van der Waals surface area contributed by atoms with Gasteiger partial charge in [0.2, 0.25) is 11.8 Å². The van der Waals surface area contributed by atoms with Crippen LogP contribution in [0.1, 0.15) is 26.7 Å². The predicted molar refractivity (Wildman–Crippen MR) is 64.6 cm³/mol. The quantitative estimate of drug-likeness (QED) is 0.732. The molecule has 5 heteroatoms. The van der Waals surface area contributed by atoms with Gasteiger partial charge in [0.05, 0.1) is 6.61 Å². The second-order valence-electron chi connectivity index (χ2n) is 3.69. The van der Waals surface area contributed by atoms with E-state index < -0.39 is 0 Å². The Labute approximate surface area is 96.4 Å². The van der Waals surface area contributed by atoms with Crippen LogP contribution in [0.2, 0.25) is 0 Å². The summed E-state index contributed by atoms with van der Waals surface area (Å²) in [6, 6.07) is 2.03. The van der Waals surface area contributed by atoms with E-state index in [1.54, 1.807) is 12.3 Å². The summed E-state index contributed by atoms with van der Waals surface area (Å²) in [4.78, 5) is 8.37. The van der Waals surface area contributed by atoms with Crippen molar-refractivity contribution in [3.63, 3.8) is 0 Å². The molecule has 1 heterocycles. The molecular weight excluding hydrogens is 204 g/mol. The maximum atomic E-state index is 5.47. The number of nitrogens with one attached hydrogen (secondary N) is 1. The lowest BCUT2D eigenvalue weighted by Crippen LogP contribution is -2.20. The van der Waals surface area contributed by atoms with Crippen molar-refractivity contribution in [2.45, 2.75) is 32.7 Å². The average Bonchev–Trinajstić information content (AvgIpc) is 2.27. The monoisotopic (exact) mass is 224 g/mol. The number of hydrogen-bond donors (Lipinski definition) is 2. The Bertz CT molecular complexity index is 306. The van der Waals surface area contributed by atoms with E-state index in [-0.39, 0.29) is 6.04 Å². The minimum atomic E-state index is 0.270. The molecule has 1 rings (SSSR count). The number of nitrogens with zero attached hydrogens (tertiary/aromatic N) is 2. The van der Waals surface area contributed by atoms with Gasteiger partial charge >= 0.3 is 0 Å². The highest BCUT2D eigenvalue weighted by Crippen LogP contribution is 2.09. The Kier molecular flexibility index (Phi) is 5.56. The second-order valence-corrected chi connectivity index (χ2v) is 3.69. The van der Waals surface area contributed by atoms with Crippen molar-refractivity contribution in [1.29, 1.82) is 0 Å². The molecule has 1 unspecified atom stereocenters. The third-order valence-corrected chi connectivity index (χ3v) is 2.06. The molecule has 1 atom stereocenters. The van der Waals surface area contributed by atoms with Gasteiger partial charge in [0.25, 0.3) is 0 Å². The van der Waals surface area contributed by atoms with Crippen LogP contribution < -0.4 is 15.8 Å². The fraction of sp³-hybridized carbons (Fsp3) is 0.636. The van der Waals surface area contributed by atoms with Gasteiger partial charge < -0.3 is 15.8 Å². The molecule has 90 valence electrons. The van der Waals surface area contributed by atoms with Crippen molar-refractivity contribution in [2.75, 3.05) is 18.5 Å². The van der Waals surface area contributed by atoms with Crippen molar-refractivity contribution in [1.82, 2.24) is 9.97 Å². The highest BCUT2D eigenvalue weighted by atomic mass is 16.5. The maximum absolute atomic E-state index is 5.47. The summed E-state index contributed by atoms with van der Waals surface area (Å²) in [7, 11) is 0. The highest BCUT2D eigenvalue weighted by Gasteiger charge is 2.04. The first-order valence-electron chi connectivity index (χ1n) is 5.68. The fourth-order valence-electron chi connectivity index (χ4n) is 1.24. The Balaban J connectivity index is 2.52. The van der Waals surface area contributed by atoms with Crippen LogP contribution in [-0.2, 0) is 0 Å². The van der Waals surface area contributed by atoms with Crippen molar-refractivity contribution in [3.05, 3.63) is 12.3 Å². The molecule has 0 bridgehead atoms. The van der Waals surface area contributed by atoms with Crippen LogP contribution in [0, 0.1) is 0 Å². The van der Waals surface area contributed by atoms with E-state index in [4.69, 9.17) is 10.5 Å². The number of anilines is 1. The van der Waals surface area contributed by atoms with Gasteiger partial charge in [-0.25, -0.2) is 4.98 Å². The molecule has 0 aliphatic heterocycles. The molecule has 5 nitrogen and oxygen atoms in total. The number of nitrogens with two attached hydrogens (primary N) is 1. The zero-order valence-corrected chi connectivity index (χ0v) is 9.94. The van der Waals surface area contributed by atoms with Crippen LogP contribution in [0.25, 0.3) is 0 Å². The van der Waals surface area contributed by atoms with Crippen molar-refractivity contribution < 1.29 is 4.74 Å². The molecule has 0 amide bonds. The molecule has 0 saturated carbocycles. The molecular formula is C11H20N4O. The van der Waals surface area contributed by atoms with Gasteiger partial charge in [-0.05, 0) is 26.3 Å². The van der Waals surface area contributed by atoms with Gasteiger partial charge in [0, 0.05) is 18.3 Å². The third kappa shape index (κ3) is 4.44. The zero-order valence-electron chi connectivity index (χ0n) is 9.94. The molecule has 0 aromatic carbocycles. The van der Waals surface area contributed by atoms with E-state index in [9.17, 15) is 0 Å². The summed E-state index contributed by atoms with van der Waals surface area (Å²) in [5.74, 6) is 1.20. The van der Waals surface area contributed by atoms with E-state index in [0.29, 0.717) is 25.0 Å². The lowest BCUT2D eigenvalue weighted by molar-refractivity contribution is 0.305. The van der Waals surface area contributed by atoms with Gasteiger partial charge in [-0.1, -0.05) is 6.92 Å². The first-order valence-corrected chi connectivity index (χ1v) is 5.68. The number of hydrogen-bond acceptors (Lipinski definition) is 5. The van der Waals surface area contributed by atoms with E-state index in [1.165, 1.54) is 0 Å². The second kappa shape index (κ2) is 7.00. The van der Waals surface area contributed by atoms with Gasteiger partial charge in [0.1, 0.15) is 0 Å². The summed E-state index contributed by atoms with van der Waals surface area (Å²) < 4.78 is 5.42. The lowest BCUT2D eigenvalue weighted by Gasteiger charge is -2.12. The highest BCUT2D eigenvalue weighted by molar-refractivity contribution is 5.28. The van der Waals surface area contributed by atoms with Gasteiger partial charge in [-0.2, -0.15) is 4.98 Å². The van der Waals surface area contributed by atoms with Crippen molar-refractivity contribution >= 4 is 5.95 Å². The minimum absolute atomic E-state index is 0.270. The van der Waals surface area contributed by atoms with Gasteiger partial charge in [-0.3, -0.25) is 0 Å². The first-order chi connectivity index (χ1) is 7.76. The number of aromatic nitrogens is 2. The van der Waals surface area contributed by atoms with Crippen LogP contribution in [0.4, 0.5) is 5.95 Å². The van der Waals surface area contributed by atoms with Crippen LogP contribution in [0.3, 0.4) is 0 Å². The summed E-state index contributed by atoms with van der Waals surface area (Å²) in [6.07, 6.45) is 3.55. The average molecular weight is 224 g/mol. The first kappa shape index (κ1) is 12.7. The Morgan fingerprint density at radius 2 is 2.38 bits per heavy atom. The Morgan fingerprint density at radius 3 is 3.06 bits per heavy atom. The largest absolute Gasteiger partial charge is 0.478 e. The summed E-state index contributed by atoms with van der Waals surface area (Å²) in [5, 5.41) is 3.18. The smallest absolute Gasteiger partial charge is 0.226 e. The Morgan fingerprint density at radius 1 is 1.56 bits per heavy atom. The normalized spacial score (nSPS) is 12.2. The Hall–Kier alpha value is -1.36. The van der Waals surface area contributed by atoms with Crippen molar-refractivity contribution in [2.24, 2.45) is 5.73 Å². The SMILES string of the molecule is CCCOc1ccnc(NC(C)CCN)n1. The maximum Gasteiger partial charge on any atom is 0.226 e. The van der Waals surface area contributed by atoms with Crippen LogP contribution in [0.15, 0.2) is 12.3 Å². The predicted octanol–water partition coefficient (Wildman–Crippen LogP) is 1.41.